The molecule has 2 heterocycles. The summed E-state index contributed by atoms with van der Waals surface area (Å²) >= 11 is 0. The number of para-hydroxylation sites is 1. The third-order valence-corrected chi connectivity index (χ3v) is 9.63. The summed E-state index contributed by atoms with van der Waals surface area (Å²) in [4.78, 5) is 4.68. The molecule has 45 heavy (non-hydrogen) atoms. The van der Waals surface area contributed by atoms with Gasteiger partial charge in [0.1, 0.15) is 0 Å². The molecule has 0 amide bonds. The molecule has 10 rings (SSSR count). The van der Waals surface area contributed by atoms with Gasteiger partial charge in [0.2, 0.25) is 0 Å². The highest BCUT2D eigenvalue weighted by atomic mass is 15.0. The summed E-state index contributed by atoms with van der Waals surface area (Å²) in [6, 6.07) is 50.0. The normalized spacial score (nSPS) is 12.0. The fourth-order valence-corrected chi connectivity index (χ4v) is 7.73. The first-order valence-corrected chi connectivity index (χ1v) is 15.2. The fourth-order valence-electron chi connectivity index (χ4n) is 7.73. The van der Waals surface area contributed by atoms with Crippen molar-refractivity contribution in [1.29, 1.82) is 5.26 Å². The Hall–Kier alpha value is -6.24. The lowest BCUT2D eigenvalue weighted by molar-refractivity contribution is 1.18. The summed E-state index contributed by atoms with van der Waals surface area (Å²) in [6.45, 7) is 0. The van der Waals surface area contributed by atoms with E-state index in [4.69, 9.17) is 0 Å². The minimum absolute atomic E-state index is 0.702. The van der Waals surface area contributed by atoms with Gasteiger partial charge in [0, 0.05) is 33.6 Å². The average molecular weight is 570 g/mol. The topological polar surface area (TPSA) is 41.6 Å². The smallest absolute Gasteiger partial charge is 0.0998 e. The van der Waals surface area contributed by atoms with E-state index in [9.17, 15) is 5.26 Å². The highest BCUT2D eigenvalue weighted by molar-refractivity contribution is 6.31. The molecule has 0 unspecified atom stereocenters. The van der Waals surface area contributed by atoms with Gasteiger partial charge < -0.3 is 4.57 Å². The van der Waals surface area contributed by atoms with E-state index in [1.165, 1.54) is 54.2 Å². The first kappa shape index (κ1) is 24.2. The molecule has 2 aromatic heterocycles. The molecule has 0 spiro atoms. The molecule has 0 N–H and O–H groups in total. The number of rotatable bonds is 3. The molecule has 10 aromatic rings. The lowest BCUT2D eigenvalue weighted by Crippen LogP contribution is -1.93. The van der Waals surface area contributed by atoms with Crippen molar-refractivity contribution in [2.45, 2.75) is 0 Å². The quantitative estimate of drug-likeness (QED) is 0.199. The molecule has 8 aromatic carbocycles. The van der Waals surface area contributed by atoms with Crippen LogP contribution in [0.25, 0.3) is 93.0 Å². The zero-order valence-electron chi connectivity index (χ0n) is 24.1. The van der Waals surface area contributed by atoms with E-state index in [2.05, 4.69) is 125 Å². The molecule has 206 valence electrons. The predicted octanol–water partition coefficient (Wildman–Crippen LogP) is 10.9. The second kappa shape index (κ2) is 8.89. The van der Waals surface area contributed by atoms with Crippen LogP contribution in [0.1, 0.15) is 5.56 Å². The summed E-state index contributed by atoms with van der Waals surface area (Å²) in [7, 11) is 0. The van der Waals surface area contributed by atoms with Crippen LogP contribution in [-0.2, 0) is 0 Å². The lowest BCUT2D eigenvalue weighted by atomic mass is 9.86. The van der Waals surface area contributed by atoms with E-state index in [1.54, 1.807) is 0 Å². The van der Waals surface area contributed by atoms with Crippen LogP contribution in [0.3, 0.4) is 0 Å². The number of hydrogen-bond donors (Lipinski definition) is 0. The van der Waals surface area contributed by atoms with E-state index in [0.29, 0.717) is 5.56 Å². The first-order valence-electron chi connectivity index (χ1n) is 15.2. The molecular formula is C42H23N3. The van der Waals surface area contributed by atoms with Gasteiger partial charge in [0.25, 0.3) is 0 Å². The Kier molecular flexibility index (Phi) is 4.79. The van der Waals surface area contributed by atoms with E-state index < -0.39 is 0 Å². The van der Waals surface area contributed by atoms with Crippen LogP contribution < -0.4 is 0 Å². The average Bonchev–Trinajstić information content (AvgIpc) is 3.45. The molecule has 0 fully saturated rings. The number of hydrogen-bond acceptors (Lipinski definition) is 2. The Labute approximate surface area is 258 Å². The molecule has 0 aliphatic rings. The number of nitriles is 1. The monoisotopic (exact) mass is 569 g/mol. The SMILES string of the molecule is N#Cc1ccc2c3c1ccc1c(-c4ccc5ccc6c(-c7ccccn7)ccc7ccc4c5c76)ccc(c13)n2-c1ccccc1. The number of aromatic nitrogens is 2. The zero-order valence-corrected chi connectivity index (χ0v) is 24.1. The third-order valence-electron chi connectivity index (χ3n) is 9.63. The Bertz CT molecular complexity index is 2800. The van der Waals surface area contributed by atoms with E-state index in [-0.39, 0.29) is 0 Å². The van der Waals surface area contributed by atoms with Gasteiger partial charge >= 0.3 is 0 Å². The van der Waals surface area contributed by atoms with E-state index in [1.807, 2.05) is 30.5 Å². The minimum Gasteiger partial charge on any atom is -0.309 e. The molecule has 0 atom stereocenters. The van der Waals surface area contributed by atoms with Gasteiger partial charge in [0.05, 0.1) is 28.4 Å². The molecule has 3 nitrogen and oxygen atoms in total. The van der Waals surface area contributed by atoms with Gasteiger partial charge in [-0.05, 0) is 91.3 Å². The standard InChI is InChI=1S/C42H23N3/c43-24-27-13-21-37-41-29(27)18-19-34-31(20-22-38(42(34)41)45(37)28-6-2-1-3-7-28)30-14-9-25-12-17-35-32(36-8-4-5-23-44-36)15-10-26-11-16-33(30)39(25)40(26)35/h1-23H. The number of nitrogens with zero attached hydrogens (tertiary/aromatic N) is 3. The second-order valence-electron chi connectivity index (χ2n) is 11.8. The van der Waals surface area contributed by atoms with Gasteiger partial charge in [-0.1, -0.05) is 91.0 Å². The molecule has 0 radical (unpaired) electrons. The Balaban J connectivity index is 1.31. The fraction of sp³-hybridized carbons (Fsp3) is 0. The van der Waals surface area contributed by atoms with Crippen LogP contribution in [0.5, 0.6) is 0 Å². The summed E-state index contributed by atoms with van der Waals surface area (Å²) in [6.07, 6.45) is 1.86. The van der Waals surface area contributed by atoms with Gasteiger partial charge in [-0.15, -0.1) is 0 Å². The summed E-state index contributed by atoms with van der Waals surface area (Å²) in [5.74, 6) is 0. The van der Waals surface area contributed by atoms with Crippen LogP contribution in [0.4, 0.5) is 0 Å². The molecule has 0 aliphatic heterocycles. The molecule has 0 saturated carbocycles. The largest absolute Gasteiger partial charge is 0.309 e. The molecule has 0 bridgehead atoms. The molecule has 3 heteroatoms. The Morgan fingerprint density at radius 2 is 1.02 bits per heavy atom. The summed E-state index contributed by atoms with van der Waals surface area (Å²) in [5.41, 5.74) is 8.62. The maximum absolute atomic E-state index is 10.0. The van der Waals surface area contributed by atoms with Gasteiger partial charge in [-0.25, -0.2) is 0 Å². The minimum atomic E-state index is 0.702. The lowest BCUT2D eigenvalue weighted by Gasteiger charge is -2.17. The highest BCUT2D eigenvalue weighted by Gasteiger charge is 2.22. The Morgan fingerprint density at radius 1 is 0.467 bits per heavy atom. The molecule has 0 saturated heterocycles. The summed E-state index contributed by atoms with van der Waals surface area (Å²) in [5, 5.41) is 22.0. The van der Waals surface area contributed by atoms with Crippen molar-refractivity contribution in [3.8, 4) is 34.1 Å². The Morgan fingerprint density at radius 3 is 1.73 bits per heavy atom. The van der Waals surface area contributed by atoms with Crippen LogP contribution in [0.15, 0.2) is 140 Å². The zero-order chi connectivity index (χ0) is 29.6. The van der Waals surface area contributed by atoms with Crippen molar-refractivity contribution < 1.29 is 0 Å². The third kappa shape index (κ3) is 3.20. The van der Waals surface area contributed by atoms with Crippen LogP contribution >= 0.6 is 0 Å². The molecule has 0 aliphatic carbocycles. The summed E-state index contributed by atoms with van der Waals surface area (Å²) < 4.78 is 2.33. The highest BCUT2D eigenvalue weighted by Crippen LogP contribution is 2.46. The van der Waals surface area contributed by atoms with Crippen molar-refractivity contribution in [3.05, 3.63) is 145 Å². The van der Waals surface area contributed by atoms with Crippen molar-refractivity contribution in [1.82, 2.24) is 9.55 Å². The van der Waals surface area contributed by atoms with Crippen molar-refractivity contribution >= 4 is 64.9 Å². The van der Waals surface area contributed by atoms with Crippen LogP contribution in [0, 0.1) is 11.3 Å². The maximum Gasteiger partial charge on any atom is 0.0998 e. The van der Waals surface area contributed by atoms with E-state index >= 15 is 0 Å². The second-order valence-corrected chi connectivity index (χ2v) is 11.8. The van der Waals surface area contributed by atoms with Gasteiger partial charge in [-0.3, -0.25) is 4.98 Å². The first-order chi connectivity index (χ1) is 22.3. The predicted molar refractivity (Wildman–Crippen MR) is 187 cm³/mol. The maximum atomic E-state index is 10.0. The number of pyridine rings is 1. The van der Waals surface area contributed by atoms with Gasteiger partial charge in [-0.2, -0.15) is 5.26 Å². The van der Waals surface area contributed by atoms with Gasteiger partial charge in [0.15, 0.2) is 0 Å². The number of benzene rings is 8. The van der Waals surface area contributed by atoms with Crippen molar-refractivity contribution in [2.75, 3.05) is 0 Å². The van der Waals surface area contributed by atoms with Crippen LogP contribution in [-0.4, -0.2) is 9.55 Å². The van der Waals surface area contributed by atoms with Crippen molar-refractivity contribution in [3.63, 3.8) is 0 Å². The van der Waals surface area contributed by atoms with Crippen molar-refractivity contribution in [2.24, 2.45) is 0 Å². The van der Waals surface area contributed by atoms with E-state index in [0.717, 1.165) is 38.8 Å². The van der Waals surface area contributed by atoms with Crippen LogP contribution in [0.2, 0.25) is 0 Å². The molecular weight excluding hydrogens is 546 g/mol.